The number of piperidine rings is 1. The van der Waals surface area contributed by atoms with Crippen LogP contribution in [0.2, 0.25) is 0 Å². The van der Waals surface area contributed by atoms with E-state index in [4.69, 9.17) is 15.2 Å². The third-order valence-electron chi connectivity index (χ3n) is 4.68. The number of rotatable bonds is 1. The first-order chi connectivity index (χ1) is 9.72. The largest absolute Gasteiger partial charge is 0.486 e. The molecule has 108 valence electrons. The highest BCUT2D eigenvalue weighted by molar-refractivity contribution is 5.74. The van der Waals surface area contributed by atoms with Crippen molar-refractivity contribution < 1.29 is 14.6 Å². The van der Waals surface area contributed by atoms with Gasteiger partial charge < -0.3 is 25.2 Å². The van der Waals surface area contributed by atoms with Crippen molar-refractivity contribution in [3.8, 4) is 11.5 Å². The van der Waals surface area contributed by atoms with Crippen LogP contribution >= 0.6 is 0 Å². The van der Waals surface area contributed by atoms with Crippen LogP contribution < -0.4 is 20.1 Å². The number of nitrogen functional groups attached to an aromatic ring is 1. The molecule has 3 N–H and O–H groups in total. The zero-order valence-corrected chi connectivity index (χ0v) is 11.4. The first kappa shape index (κ1) is 12.1. The van der Waals surface area contributed by atoms with E-state index in [9.17, 15) is 5.11 Å². The fourth-order valence-electron chi connectivity index (χ4n) is 3.86. The van der Waals surface area contributed by atoms with Crippen LogP contribution in [0.1, 0.15) is 25.7 Å². The van der Waals surface area contributed by atoms with Gasteiger partial charge in [-0.15, -0.1) is 0 Å². The summed E-state index contributed by atoms with van der Waals surface area (Å²) in [6.07, 6.45) is 3.78. The van der Waals surface area contributed by atoms with Gasteiger partial charge in [0, 0.05) is 24.2 Å². The third kappa shape index (κ3) is 1.80. The van der Waals surface area contributed by atoms with Crippen LogP contribution in [0.25, 0.3) is 0 Å². The van der Waals surface area contributed by atoms with Crippen LogP contribution in [0.3, 0.4) is 0 Å². The molecule has 1 aromatic carbocycles. The second-order valence-electron chi connectivity index (χ2n) is 5.97. The molecule has 0 aliphatic carbocycles. The summed E-state index contributed by atoms with van der Waals surface area (Å²) < 4.78 is 11.2. The van der Waals surface area contributed by atoms with E-state index in [1.807, 2.05) is 12.1 Å². The lowest BCUT2D eigenvalue weighted by atomic mass is 9.98. The van der Waals surface area contributed by atoms with E-state index >= 15 is 0 Å². The van der Waals surface area contributed by atoms with Gasteiger partial charge in [0.25, 0.3) is 0 Å². The van der Waals surface area contributed by atoms with Crippen molar-refractivity contribution in [2.45, 2.75) is 43.9 Å². The summed E-state index contributed by atoms with van der Waals surface area (Å²) in [7, 11) is 0. The normalized spacial score (nSPS) is 31.4. The summed E-state index contributed by atoms with van der Waals surface area (Å²) >= 11 is 0. The lowest BCUT2D eigenvalue weighted by Crippen LogP contribution is -2.45. The number of anilines is 2. The molecule has 0 amide bonds. The number of fused-ring (bicyclic) bond motifs is 3. The fraction of sp³-hybridized carbons (Fsp3) is 0.600. The van der Waals surface area contributed by atoms with Gasteiger partial charge >= 0.3 is 0 Å². The maximum absolute atomic E-state index is 9.91. The van der Waals surface area contributed by atoms with Gasteiger partial charge in [-0.1, -0.05) is 0 Å². The minimum atomic E-state index is -0.165. The molecule has 2 unspecified atom stereocenters. The second kappa shape index (κ2) is 4.45. The van der Waals surface area contributed by atoms with E-state index in [2.05, 4.69) is 4.90 Å². The van der Waals surface area contributed by atoms with Crippen molar-refractivity contribution in [3.05, 3.63) is 12.1 Å². The topological polar surface area (TPSA) is 68.0 Å². The highest BCUT2D eigenvalue weighted by atomic mass is 16.6. The summed E-state index contributed by atoms with van der Waals surface area (Å²) in [5, 5.41) is 9.91. The number of nitrogens with zero attached hydrogens (tertiary/aromatic N) is 1. The molecular formula is C15H20N2O3. The number of nitrogens with two attached hydrogens (primary N) is 1. The molecule has 2 fully saturated rings. The Labute approximate surface area is 118 Å². The lowest BCUT2D eigenvalue weighted by molar-refractivity contribution is 0.126. The summed E-state index contributed by atoms with van der Waals surface area (Å²) in [5.74, 6) is 1.52. The van der Waals surface area contributed by atoms with Gasteiger partial charge in [0.1, 0.15) is 13.2 Å². The zero-order chi connectivity index (χ0) is 13.7. The Morgan fingerprint density at radius 3 is 2.30 bits per heavy atom. The smallest absolute Gasteiger partial charge is 0.163 e. The highest BCUT2D eigenvalue weighted by Gasteiger charge is 2.41. The molecule has 2 bridgehead atoms. The van der Waals surface area contributed by atoms with E-state index in [0.29, 0.717) is 25.3 Å². The van der Waals surface area contributed by atoms with E-state index in [0.717, 1.165) is 48.6 Å². The lowest BCUT2D eigenvalue weighted by Gasteiger charge is -2.40. The van der Waals surface area contributed by atoms with Gasteiger partial charge in [0.05, 0.1) is 17.5 Å². The fourth-order valence-corrected chi connectivity index (χ4v) is 3.86. The standard InChI is InChI=1S/C15H20N2O3/c16-12-7-14-15(20-4-3-19-14)8-13(12)17-9-1-2-10(17)6-11(18)5-9/h7-11,18H,1-6,16H2. The molecule has 4 rings (SSSR count). The SMILES string of the molecule is Nc1cc2c(cc1N1C3CCC1CC(O)C3)OCCO2. The molecule has 0 saturated carbocycles. The van der Waals surface area contributed by atoms with Gasteiger partial charge in [-0.05, 0) is 25.7 Å². The maximum atomic E-state index is 9.91. The number of ether oxygens (including phenoxy) is 2. The van der Waals surface area contributed by atoms with Crippen LogP contribution in [0, 0.1) is 0 Å². The average molecular weight is 276 g/mol. The highest BCUT2D eigenvalue weighted by Crippen LogP contribution is 2.45. The third-order valence-corrected chi connectivity index (χ3v) is 4.68. The molecule has 20 heavy (non-hydrogen) atoms. The molecule has 3 heterocycles. The Hall–Kier alpha value is -1.62. The van der Waals surface area contributed by atoms with Gasteiger partial charge in [0.2, 0.25) is 0 Å². The summed E-state index contributed by atoms with van der Waals surface area (Å²) in [4.78, 5) is 2.39. The van der Waals surface area contributed by atoms with Crippen molar-refractivity contribution in [3.63, 3.8) is 0 Å². The molecular weight excluding hydrogens is 256 g/mol. The van der Waals surface area contributed by atoms with Crippen molar-refractivity contribution in [2.75, 3.05) is 23.8 Å². The van der Waals surface area contributed by atoms with E-state index in [1.54, 1.807) is 0 Å². The molecule has 2 saturated heterocycles. The summed E-state index contributed by atoms with van der Waals surface area (Å²) in [5.41, 5.74) is 8.00. The quantitative estimate of drug-likeness (QED) is 0.761. The number of benzene rings is 1. The number of aliphatic hydroxyl groups is 1. The predicted octanol–water partition coefficient (Wildman–Crippen LogP) is 1.53. The van der Waals surface area contributed by atoms with E-state index in [1.165, 1.54) is 0 Å². The van der Waals surface area contributed by atoms with Gasteiger partial charge in [0.15, 0.2) is 11.5 Å². The molecule has 3 aliphatic rings. The van der Waals surface area contributed by atoms with Crippen LogP contribution in [-0.2, 0) is 0 Å². The van der Waals surface area contributed by atoms with Crippen molar-refractivity contribution in [2.24, 2.45) is 0 Å². The van der Waals surface area contributed by atoms with Crippen molar-refractivity contribution >= 4 is 11.4 Å². The van der Waals surface area contributed by atoms with Gasteiger partial charge in [-0.3, -0.25) is 0 Å². The Bertz CT molecular complexity index is 520. The van der Waals surface area contributed by atoms with Crippen molar-refractivity contribution in [1.82, 2.24) is 0 Å². The monoisotopic (exact) mass is 276 g/mol. The Kier molecular flexibility index (Phi) is 2.70. The van der Waals surface area contributed by atoms with Crippen molar-refractivity contribution in [1.29, 1.82) is 0 Å². The summed E-state index contributed by atoms with van der Waals surface area (Å²) in [6, 6.07) is 4.67. The Morgan fingerprint density at radius 1 is 1.05 bits per heavy atom. The molecule has 0 spiro atoms. The second-order valence-corrected chi connectivity index (χ2v) is 5.97. The molecule has 1 aromatic rings. The molecule has 5 heteroatoms. The van der Waals surface area contributed by atoms with Crippen LogP contribution in [0.5, 0.6) is 11.5 Å². The van der Waals surface area contributed by atoms with Crippen LogP contribution in [-0.4, -0.2) is 36.5 Å². The molecule has 0 aromatic heterocycles. The number of aliphatic hydroxyl groups excluding tert-OH is 1. The van der Waals surface area contributed by atoms with Crippen LogP contribution in [0.4, 0.5) is 11.4 Å². The van der Waals surface area contributed by atoms with Gasteiger partial charge in [-0.25, -0.2) is 0 Å². The molecule has 0 radical (unpaired) electrons. The minimum absolute atomic E-state index is 0.165. The molecule has 5 nitrogen and oxygen atoms in total. The Balaban J connectivity index is 1.72. The molecule has 2 atom stereocenters. The maximum Gasteiger partial charge on any atom is 0.163 e. The number of hydrogen-bond acceptors (Lipinski definition) is 5. The first-order valence-corrected chi connectivity index (χ1v) is 7.38. The van der Waals surface area contributed by atoms with Gasteiger partial charge in [-0.2, -0.15) is 0 Å². The predicted molar refractivity (Wildman–Crippen MR) is 76.4 cm³/mol. The minimum Gasteiger partial charge on any atom is -0.486 e. The summed E-state index contributed by atoms with van der Waals surface area (Å²) in [6.45, 7) is 1.16. The van der Waals surface area contributed by atoms with E-state index < -0.39 is 0 Å². The molecule has 3 aliphatic heterocycles. The first-order valence-electron chi connectivity index (χ1n) is 7.38. The number of hydrogen-bond donors (Lipinski definition) is 2. The average Bonchev–Trinajstić information content (AvgIpc) is 2.70. The van der Waals surface area contributed by atoms with E-state index in [-0.39, 0.29) is 6.10 Å². The van der Waals surface area contributed by atoms with Crippen LogP contribution in [0.15, 0.2) is 12.1 Å². The Morgan fingerprint density at radius 2 is 1.65 bits per heavy atom. The zero-order valence-electron chi connectivity index (χ0n) is 11.4.